The maximum atomic E-state index is 2.42. The molecule has 0 amide bonds. The van der Waals surface area contributed by atoms with Gasteiger partial charge >= 0.3 is 0 Å². The van der Waals surface area contributed by atoms with Gasteiger partial charge in [-0.15, -0.1) is 0 Å². The zero-order chi connectivity index (χ0) is 37.8. The summed E-state index contributed by atoms with van der Waals surface area (Å²) in [5.41, 5.74) is 25.2. The zero-order valence-corrected chi connectivity index (χ0v) is 32.4. The molecule has 1 nitrogen and oxygen atoms in total. The van der Waals surface area contributed by atoms with Gasteiger partial charge < -0.3 is 4.90 Å². The first kappa shape index (κ1) is 32.9. The summed E-state index contributed by atoms with van der Waals surface area (Å²) < 4.78 is 0. The Morgan fingerprint density at radius 3 is 1.57 bits per heavy atom. The average molecular weight is 718 g/mol. The molecule has 0 atom stereocenters. The molecule has 0 spiro atoms. The molecule has 0 aliphatic heterocycles. The van der Waals surface area contributed by atoms with Crippen LogP contribution in [0.4, 0.5) is 17.1 Å². The van der Waals surface area contributed by atoms with E-state index in [1.807, 2.05) is 0 Å². The van der Waals surface area contributed by atoms with Crippen LogP contribution in [0.2, 0.25) is 0 Å². The third-order valence-corrected chi connectivity index (χ3v) is 13.2. The fourth-order valence-corrected chi connectivity index (χ4v) is 10.3. The lowest BCUT2D eigenvalue weighted by Crippen LogP contribution is -2.16. The molecular weight excluding hydrogens is 675 g/mol. The molecular formula is C55H43N. The summed E-state index contributed by atoms with van der Waals surface area (Å²) in [4.78, 5) is 2.42. The molecule has 0 bridgehead atoms. The van der Waals surface area contributed by atoms with Gasteiger partial charge in [0.15, 0.2) is 0 Å². The lowest BCUT2D eigenvalue weighted by atomic mass is 9.82. The Labute approximate surface area is 330 Å². The first-order valence-electron chi connectivity index (χ1n) is 20.0. The van der Waals surface area contributed by atoms with Crippen molar-refractivity contribution in [2.45, 2.75) is 44.9 Å². The second kappa shape index (κ2) is 12.0. The molecule has 0 heterocycles. The molecule has 11 rings (SSSR count). The van der Waals surface area contributed by atoms with Crippen molar-refractivity contribution >= 4 is 17.1 Å². The maximum Gasteiger partial charge on any atom is 0.0465 e. The Bertz CT molecular complexity index is 2860. The van der Waals surface area contributed by atoms with Crippen molar-refractivity contribution in [3.05, 3.63) is 209 Å². The molecule has 3 aliphatic rings. The van der Waals surface area contributed by atoms with Crippen molar-refractivity contribution in [1.29, 1.82) is 0 Å². The molecule has 0 unspecified atom stereocenters. The van der Waals surface area contributed by atoms with E-state index in [1.165, 1.54) is 89.0 Å². The summed E-state index contributed by atoms with van der Waals surface area (Å²) in [7, 11) is 0. The summed E-state index contributed by atoms with van der Waals surface area (Å²) in [6, 6.07) is 65.6. The van der Waals surface area contributed by atoms with Crippen molar-refractivity contribution in [2.24, 2.45) is 0 Å². The fraction of sp³-hybridized carbons (Fsp3) is 0.127. The van der Waals surface area contributed by atoms with E-state index in [-0.39, 0.29) is 10.8 Å². The van der Waals surface area contributed by atoms with Crippen molar-refractivity contribution in [1.82, 2.24) is 0 Å². The molecule has 8 aromatic carbocycles. The maximum absolute atomic E-state index is 2.42. The topological polar surface area (TPSA) is 3.24 Å². The third kappa shape index (κ3) is 4.74. The van der Waals surface area contributed by atoms with Crippen LogP contribution >= 0.6 is 0 Å². The summed E-state index contributed by atoms with van der Waals surface area (Å²) in [5.74, 6) is 0. The lowest BCUT2D eigenvalue weighted by molar-refractivity contribution is 0.660. The molecule has 0 saturated heterocycles. The van der Waals surface area contributed by atoms with Gasteiger partial charge in [0.2, 0.25) is 0 Å². The lowest BCUT2D eigenvalue weighted by Gasteiger charge is -2.28. The summed E-state index contributed by atoms with van der Waals surface area (Å²) in [5, 5.41) is 0. The molecule has 268 valence electrons. The van der Waals surface area contributed by atoms with Crippen molar-refractivity contribution in [3.63, 3.8) is 0 Å². The van der Waals surface area contributed by atoms with Gasteiger partial charge in [-0.3, -0.25) is 0 Å². The van der Waals surface area contributed by atoms with E-state index in [0.29, 0.717) is 0 Å². The molecule has 1 heteroatoms. The highest BCUT2D eigenvalue weighted by Gasteiger charge is 2.39. The minimum Gasteiger partial charge on any atom is -0.310 e. The Hall–Kier alpha value is -6.44. The van der Waals surface area contributed by atoms with Gasteiger partial charge in [0.25, 0.3) is 0 Å². The van der Waals surface area contributed by atoms with E-state index in [9.17, 15) is 0 Å². The Morgan fingerprint density at radius 2 is 0.839 bits per heavy atom. The minimum absolute atomic E-state index is 0.000694. The number of hydrogen-bond donors (Lipinski definition) is 0. The third-order valence-electron chi connectivity index (χ3n) is 13.2. The van der Waals surface area contributed by atoms with E-state index < -0.39 is 0 Å². The van der Waals surface area contributed by atoms with Crippen LogP contribution in [0.5, 0.6) is 0 Å². The average Bonchev–Trinajstić information content (AvgIpc) is 3.82. The predicted octanol–water partition coefficient (Wildman–Crippen LogP) is 14.7. The largest absolute Gasteiger partial charge is 0.310 e. The second-order valence-electron chi connectivity index (χ2n) is 16.9. The summed E-state index contributed by atoms with van der Waals surface area (Å²) in [6.45, 7) is 9.48. The Kier molecular flexibility index (Phi) is 7.08. The first-order valence-corrected chi connectivity index (χ1v) is 20.0. The van der Waals surface area contributed by atoms with E-state index in [1.54, 1.807) is 0 Å². The van der Waals surface area contributed by atoms with Gasteiger partial charge in [-0.25, -0.2) is 0 Å². The van der Waals surface area contributed by atoms with Crippen LogP contribution in [-0.4, -0.2) is 0 Å². The van der Waals surface area contributed by atoms with E-state index in [4.69, 9.17) is 0 Å². The van der Waals surface area contributed by atoms with Gasteiger partial charge in [-0.1, -0.05) is 167 Å². The van der Waals surface area contributed by atoms with Crippen molar-refractivity contribution in [2.75, 3.05) is 4.90 Å². The van der Waals surface area contributed by atoms with Gasteiger partial charge in [0.1, 0.15) is 0 Å². The molecule has 0 N–H and O–H groups in total. The second-order valence-corrected chi connectivity index (χ2v) is 16.9. The fourth-order valence-electron chi connectivity index (χ4n) is 10.3. The van der Waals surface area contributed by atoms with Gasteiger partial charge in [-0.05, 0) is 132 Å². The van der Waals surface area contributed by atoms with Crippen LogP contribution in [0.15, 0.2) is 176 Å². The molecule has 0 radical (unpaired) electrons. The smallest absolute Gasteiger partial charge is 0.0465 e. The van der Waals surface area contributed by atoms with Crippen LogP contribution < -0.4 is 4.90 Å². The number of nitrogens with zero attached hydrogens (tertiary/aromatic N) is 1. The van der Waals surface area contributed by atoms with Crippen LogP contribution in [0.1, 0.15) is 61.1 Å². The van der Waals surface area contributed by atoms with E-state index in [0.717, 1.165) is 23.5 Å². The number of anilines is 3. The van der Waals surface area contributed by atoms with Crippen molar-refractivity contribution in [3.8, 4) is 55.6 Å². The van der Waals surface area contributed by atoms with Crippen LogP contribution in [0.3, 0.4) is 0 Å². The number of fused-ring (bicyclic) bond motifs is 10. The molecule has 56 heavy (non-hydrogen) atoms. The molecule has 3 aliphatic carbocycles. The Morgan fingerprint density at radius 1 is 0.339 bits per heavy atom. The minimum atomic E-state index is -0.0855. The summed E-state index contributed by atoms with van der Waals surface area (Å²) >= 11 is 0. The highest BCUT2D eigenvalue weighted by molar-refractivity contribution is 5.94. The van der Waals surface area contributed by atoms with Gasteiger partial charge in [0, 0.05) is 27.9 Å². The highest BCUT2D eigenvalue weighted by Crippen LogP contribution is 2.55. The monoisotopic (exact) mass is 717 g/mol. The molecule has 0 aromatic heterocycles. The number of rotatable bonds is 5. The molecule has 0 saturated carbocycles. The van der Waals surface area contributed by atoms with Crippen molar-refractivity contribution < 1.29 is 0 Å². The first-order chi connectivity index (χ1) is 27.3. The zero-order valence-electron chi connectivity index (χ0n) is 32.4. The van der Waals surface area contributed by atoms with E-state index in [2.05, 4.69) is 209 Å². The van der Waals surface area contributed by atoms with Crippen LogP contribution in [-0.2, 0) is 17.3 Å². The van der Waals surface area contributed by atoms with Gasteiger partial charge in [-0.2, -0.15) is 0 Å². The number of hydrogen-bond acceptors (Lipinski definition) is 1. The SMILES string of the molecule is CC1(C)c2ccccc2-c2ccc(N(c3ccc(-c4ccccc4)cc3)c3ccc(-c4cccc5c4Cc4c-5ccc5c4-c4ccccc4C5(C)C)cc3)cc21. The summed E-state index contributed by atoms with van der Waals surface area (Å²) in [6.07, 6.45) is 0.948. The van der Waals surface area contributed by atoms with Crippen LogP contribution in [0.25, 0.3) is 55.6 Å². The molecule has 8 aromatic rings. The van der Waals surface area contributed by atoms with Gasteiger partial charge in [0.05, 0.1) is 0 Å². The van der Waals surface area contributed by atoms with Crippen LogP contribution in [0, 0.1) is 0 Å². The highest BCUT2D eigenvalue weighted by atomic mass is 15.1. The number of benzene rings is 8. The predicted molar refractivity (Wildman–Crippen MR) is 235 cm³/mol. The standard InChI is InChI=1S/C55H43N/c1-54(2)50-20-11-9-16-46(50)53-48-34-47-41(17-12-18-42(47)43(48)31-32-51(53)54)37-23-27-39(28-24-37)56(38-25-21-36(22-26-38)35-13-6-5-7-14-35)40-29-30-45-44-15-8-10-19-49(44)55(3,4)52(45)33-40/h5-33H,34H2,1-4H3. The molecule has 0 fully saturated rings. The normalized spacial score (nSPS) is 14.6. The Balaban J connectivity index is 0.995. The quantitative estimate of drug-likeness (QED) is 0.171. The van der Waals surface area contributed by atoms with E-state index >= 15 is 0 Å².